The summed E-state index contributed by atoms with van der Waals surface area (Å²) in [5.41, 5.74) is 5.54. The molecule has 2 aromatic carbocycles. The van der Waals surface area contributed by atoms with E-state index in [1.54, 1.807) is 43.5 Å². The third-order valence-electron chi connectivity index (χ3n) is 8.47. The molecule has 0 saturated carbocycles. The first-order chi connectivity index (χ1) is 24.5. The second-order valence-corrected chi connectivity index (χ2v) is 13.5. The minimum atomic E-state index is -1.46. The van der Waals surface area contributed by atoms with Crippen molar-refractivity contribution in [2.24, 2.45) is 0 Å². The van der Waals surface area contributed by atoms with Crippen molar-refractivity contribution in [3.05, 3.63) is 88.1 Å². The van der Waals surface area contributed by atoms with Gasteiger partial charge in [0.1, 0.15) is 19.5 Å². The first-order valence-corrected chi connectivity index (χ1v) is 17.7. The molecule has 3 aromatic rings. The highest BCUT2D eigenvalue weighted by Crippen LogP contribution is 2.38. The van der Waals surface area contributed by atoms with E-state index in [9.17, 15) is 28.5 Å². The molecule has 0 aliphatic carbocycles. The van der Waals surface area contributed by atoms with Crippen LogP contribution in [-0.2, 0) is 64.3 Å². The van der Waals surface area contributed by atoms with Crippen LogP contribution in [0.5, 0.6) is 0 Å². The summed E-state index contributed by atoms with van der Waals surface area (Å²) in [6.45, 7) is 6.07. The molecule has 0 spiro atoms. The van der Waals surface area contributed by atoms with E-state index in [4.69, 9.17) is 19.2 Å². The quantitative estimate of drug-likeness (QED) is 0.142. The number of amides is 3. The summed E-state index contributed by atoms with van der Waals surface area (Å²) in [6, 6.07) is 14.2. The molecule has 0 saturated heterocycles. The zero-order valence-electron chi connectivity index (χ0n) is 28.7. The van der Waals surface area contributed by atoms with Crippen molar-refractivity contribution >= 4 is 64.5 Å². The van der Waals surface area contributed by atoms with E-state index in [0.717, 1.165) is 16.5 Å². The molecular formula is C36H39N5O9S. The van der Waals surface area contributed by atoms with E-state index in [-0.39, 0.29) is 32.3 Å². The van der Waals surface area contributed by atoms with Gasteiger partial charge in [-0.25, -0.2) is 14.6 Å². The SMILES string of the molecule is CC1=C(/C=C2/c3nc4ccccc4c(CCN(C(C)C)[S+](C)[O-])c3CN2C=O)C(OC(=O)OCc2ccc(NC(=O)CNC=O)cc2)C(=O)OC1. The van der Waals surface area contributed by atoms with Crippen molar-refractivity contribution in [1.29, 1.82) is 0 Å². The van der Waals surface area contributed by atoms with Crippen molar-refractivity contribution in [1.82, 2.24) is 19.5 Å². The van der Waals surface area contributed by atoms with Gasteiger partial charge in [-0.05, 0) is 68.2 Å². The van der Waals surface area contributed by atoms with E-state index >= 15 is 0 Å². The number of cyclic esters (lactones) is 1. The maximum Gasteiger partial charge on any atom is 0.509 e. The Bertz CT molecular complexity index is 1870. The summed E-state index contributed by atoms with van der Waals surface area (Å²) in [6.07, 6.45) is 2.39. The first kappa shape index (κ1) is 37.0. The van der Waals surface area contributed by atoms with E-state index < -0.39 is 35.5 Å². The summed E-state index contributed by atoms with van der Waals surface area (Å²) in [7, 11) is 0. The molecule has 15 heteroatoms. The van der Waals surface area contributed by atoms with Gasteiger partial charge >= 0.3 is 12.1 Å². The van der Waals surface area contributed by atoms with E-state index in [1.165, 1.54) is 4.90 Å². The standard InChI is InChI=1S/C36H39N5O9S/c1-22(2)41(51(4)47)14-13-26-27-7-5-6-8-30(27)39-33-29(26)17-40(21-43)31(33)15-28-23(3)18-48-35(45)34(28)50-36(46)49-19-24-9-11-25(12-10-24)38-32(44)16-37-20-42/h5-12,15,20-22,34H,13-14,16-19H2,1-4H3,(H,37,42)(H,38,44)/b31-15-. The summed E-state index contributed by atoms with van der Waals surface area (Å²) >= 11 is -1.18. The smallest absolute Gasteiger partial charge is 0.509 e. The fourth-order valence-corrected chi connectivity index (χ4v) is 6.92. The largest absolute Gasteiger partial charge is 0.598 e. The number of nitrogens with one attached hydrogen (secondary N) is 2. The zero-order chi connectivity index (χ0) is 36.7. The molecule has 3 heterocycles. The number of rotatable bonds is 14. The van der Waals surface area contributed by atoms with Crippen LogP contribution in [0.3, 0.4) is 0 Å². The molecule has 2 aliphatic heterocycles. The highest BCUT2D eigenvalue weighted by Gasteiger charge is 2.36. The molecule has 268 valence electrons. The van der Waals surface area contributed by atoms with E-state index in [0.29, 0.717) is 65.1 Å². The number of hydrogen-bond donors (Lipinski definition) is 2. The molecule has 0 radical (unpaired) electrons. The van der Waals surface area contributed by atoms with Crippen LogP contribution >= 0.6 is 0 Å². The van der Waals surface area contributed by atoms with Gasteiger partial charge in [-0.15, -0.1) is 4.31 Å². The number of nitrogens with zero attached hydrogens (tertiary/aromatic N) is 3. The number of pyridine rings is 1. The highest BCUT2D eigenvalue weighted by atomic mass is 32.2. The van der Waals surface area contributed by atoms with Crippen LogP contribution in [0.1, 0.15) is 43.2 Å². The predicted octanol–water partition coefficient (Wildman–Crippen LogP) is 3.37. The first-order valence-electron chi connectivity index (χ1n) is 16.2. The highest BCUT2D eigenvalue weighted by molar-refractivity contribution is 7.88. The number of carbonyl (C=O) groups excluding carboxylic acids is 5. The van der Waals surface area contributed by atoms with Crippen LogP contribution in [0.15, 0.2) is 65.8 Å². The topological polar surface area (TPSA) is 180 Å². The van der Waals surface area contributed by atoms with Crippen molar-refractivity contribution in [3.63, 3.8) is 0 Å². The molecule has 51 heavy (non-hydrogen) atoms. The molecule has 0 fully saturated rings. The van der Waals surface area contributed by atoms with Crippen LogP contribution < -0.4 is 10.6 Å². The Morgan fingerprint density at radius 3 is 2.61 bits per heavy atom. The average molecular weight is 718 g/mol. The van der Waals surface area contributed by atoms with Crippen molar-refractivity contribution < 1.29 is 42.7 Å². The number of hydrogen-bond acceptors (Lipinski definition) is 11. The van der Waals surface area contributed by atoms with Crippen molar-refractivity contribution in [2.45, 2.75) is 52.5 Å². The number of anilines is 1. The van der Waals surface area contributed by atoms with Crippen LogP contribution in [0.25, 0.3) is 16.6 Å². The number of esters is 1. The molecule has 3 amide bonds. The second-order valence-electron chi connectivity index (χ2n) is 12.2. The summed E-state index contributed by atoms with van der Waals surface area (Å²) in [4.78, 5) is 67.0. The number of aromatic nitrogens is 1. The third kappa shape index (κ3) is 8.74. The lowest BCUT2D eigenvalue weighted by molar-refractivity contribution is -0.153. The summed E-state index contributed by atoms with van der Waals surface area (Å²) < 4.78 is 30.5. The molecule has 14 nitrogen and oxygen atoms in total. The van der Waals surface area contributed by atoms with E-state index in [1.807, 2.05) is 42.4 Å². The third-order valence-corrected chi connectivity index (χ3v) is 9.74. The summed E-state index contributed by atoms with van der Waals surface area (Å²) in [5.74, 6) is -1.20. The average Bonchev–Trinajstić information content (AvgIpc) is 3.46. The van der Waals surface area contributed by atoms with Gasteiger partial charge in [-0.2, -0.15) is 0 Å². The van der Waals surface area contributed by atoms with Crippen molar-refractivity contribution in [2.75, 3.05) is 31.3 Å². The number of carbonyl (C=O) groups is 5. The predicted molar refractivity (Wildman–Crippen MR) is 189 cm³/mol. The van der Waals surface area contributed by atoms with Crippen LogP contribution in [0.2, 0.25) is 0 Å². The Morgan fingerprint density at radius 2 is 1.92 bits per heavy atom. The molecule has 2 unspecified atom stereocenters. The van der Waals surface area contributed by atoms with Gasteiger partial charge in [0.15, 0.2) is 0 Å². The minimum Gasteiger partial charge on any atom is -0.598 e. The summed E-state index contributed by atoms with van der Waals surface area (Å²) in [5, 5.41) is 5.82. The fraction of sp³-hybridized carbons (Fsp3) is 0.333. The maximum atomic E-state index is 13.0. The van der Waals surface area contributed by atoms with Gasteiger partial charge in [0.25, 0.3) is 0 Å². The second kappa shape index (κ2) is 16.6. The Kier molecular flexibility index (Phi) is 12.1. The van der Waals surface area contributed by atoms with Crippen LogP contribution in [0, 0.1) is 0 Å². The molecule has 1 aromatic heterocycles. The van der Waals surface area contributed by atoms with Gasteiger partial charge in [-0.3, -0.25) is 14.4 Å². The molecule has 2 aliphatic rings. The molecule has 0 bridgehead atoms. The van der Waals surface area contributed by atoms with Gasteiger partial charge in [0.2, 0.25) is 24.8 Å². The van der Waals surface area contributed by atoms with Gasteiger partial charge in [0, 0.05) is 46.2 Å². The molecule has 2 atom stereocenters. The number of benzene rings is 2. The number of fused-ring (bicyclic) bond motifs is 2. The monoisotopic (exact) mass is 717 g/mol. The fourth-order valence-electron chi connectivity index (χ4n) is 5.97. The molecule has 5 rings (SSSR count). The van der Waals surface area contributed by atoms with Crippen LogP contribution in [0.4, 0.5) is 10.5 Å². The molecule has 2 N–H and O–H groups in total. The van der Waals surface area contributed by atoms with E-state index in [2.05, 4.69) is 10.6 Å². The zero-order valence-corrected chi connectivity index (χ0v) is 29.5. The number of ether oxygens (including phenoxy) is 3. The van der Waals surface area contributed by atoms with Gasteiger partial charge in [-0.1, -0.05) is 30.3 Å². The lowest BCUT2D eigenvalue weighted by atomic mass is 9.96. The van der Waals surface area contributed by atoms with Crippen LogP contribution in [-0.4, -0.2) is 87.7 Å². The minimum absolute atomic E-state index is 0.0372. The Hall–Kier alpha value is -5.25. The Morgan fingerprint density at radius 1 is 1.18 bits per heavy atom. The van der Waals surface area contributed by atoms with Crippen molar-refractivity contribution in [3.8, 4) is 0 Å². The lowest BCUT2D eigenvalue weighted by Crippen LogP contribution is -2.37. The Balaban J connectivity index is 1.38. The van der Waals surface area contributed by atoms with Gasteiger partial charge in [0.05, 0.1) is 30.0 Å². The normalized spacial score (nSPS) is 17.0. The lowest BCUT2D eigenvalue weighted by Gasteiger charge is -2.25. The Labute approximate surface area is 298 Å². The number of para-hydroxylation sites is 1. The van der Waals surface area contributed by atoms with Gasteiger partial charge < -0.3 is 34.3 Å². The maximum absolute atomic E-state index is 13.0. The molecular weight excluding hydrogens is 678 g/mol.